The largest absolute Gasteiger partial charge is 0.322 e. The SMILES string of the molecule is Cc1cccc(NC(=O)c2ccc(-c3cccs3)nc2C)c1C. The molecule has 0 bridgehead atoms. The number of amides is 1. The monoisotopic (exact) mass is 322 g/mol. The first kappa shape index (κ1) is 15.4. The highest BCUT2D eigenvalue weighted by Gasteiger charge is 2.13. The Labute approximate surface area is 140 Å². The van der Waals surface area contributed by atoms with Gasteiger partial charge in [-0.3, -0.25) is 9.78 Å². The van der Waals surface area contributed by atoms with Crippen molar-refractivity contribution in [2.24, 2.45) is 0 Å². The van der Waals surface area contributed by atoms with E-state index in [2.05, 4.69) is 10.3 Å². The summed E-state index contributed by atoms with van der Waals surface area (Å²) >= 11 is 1.64. The third kappa shape index (κ3) is 3.17. The van der Waals surface area contributed by atoms with Crippen LogP contribution in [0.5, 0.6) is 0 Å². The van der Waals surface area contributed by atoms with E-state index < -0.39 is 0 Å². The summed E-state index contributed by atoms with van der Waals surface area (Å²) in [6, 6.07) is 13.7. The topological polar surface area (TPSA) is 42.0 Å². The summed E-state index contributed by atoms with van der Waals surface area (Å²) in [5, 5.41) is 5.01. The number of aryl methyl sites for hydroxylation is 2. The lowest BCUT2D eigenvalue weighted by molar-refractivity contribution is 0.102. The number of anilines is 1. The highest BCUT2D eigenvalue weighted by molar-refractivity contribution is 7.13. The molecule has 3 nitrogen and oxygen atoms in total. The minimum atomic E-state index is -0.124. The number of hydrogen-bond donors (Lipinski definition) is 1. The number of thiophene rings is 1. The summed E-state index contributed by atoms with van der Waals surface area (Å²) in [7, 11) is 0. The molecule has 0 aliphatic rings. The van der Waals surface area contributed by atoms with E-state index in [1.807, 2.05) is 68.6 Å². The molecule has 1 amide bonds. The van der Waals surface area contributed by atoms with E-state index in [0.717, 1.165) is 33.1 Å². The molecule has 3 aromatic rings. The molecule has 1 N–H and O–H groups in total. The molecule has 0 saturated carbocycles. The average Bonchev–Trinajstić information content (AvgIpc) is 3.06. The summed E-state index contributed by atoms with van der Waals surface area (Å²) in [4.78, 5) is 18.2. The predicted molar refractivity (Wildman–Crippen MR) is 96.2 cm³/mol. The molecule has 0 atom stereocenters. The Kier molecular flexibility index (Phi) is 4.26. The van der Waals surface area contributed by atoms with E-state index in [4.69, 9.17) is 0 Å². The summed E-state index contributed by atoms with van der Waals surface area (Å²) in [5.74, 6) is -0.124. The number of pyridine rings is 1. The molecule has 116 valence electrons. The zero-order valence-corrected chi connectivity index (χ0v) is 14.2. The lowest BCUT2D eigenvalue weighted by Gasteiger charge is -2.12. The second-order valence-electron chi connectivity index (χ2n) is 5.51. The Hall–Kier alpha value is -2.46. The third-order valence-corrected chi connectivity index (χ3v) is 4.85. The normalized spacial score (nSPS) is 10.6. The quantitative estimate of drug-likeness (QED) is 0.738. The van der Waals surface area contributed by atoms with Gasteiger partial charge in [0.1, 0.15) is 0 Å². The molecule has 4 heteroatoms. The fourth-order valence-corrected chi connectivity index (χ4v) is 3.13. The lowest BCUT2D eigenvalue weighted by Crippen LogP contribution is -2.15. The Morgan fingerprint density at radius 1 is 1.04 bits per heavy atom. The summed E-state index contributed by atoms with van der Waals surface area (Å²) in [6.07, 6.45) is 0. The van der Waals surface area contributed by atoms with Gasteiger partial charge in [0.25, 0.3) is 5.91 Å². The van der Waals surface area contributed by atoms with Crippen LogP contribution in [-0.2, 0) is 0 Å². The van der Waals surface area contributed by atoms with Crippen LogP contribution in [0.2, 0.25) is 0 Å². The number of hydrogen-bond acceptors (Lipinski definition) is 3. The van der Waals surface area contributed by atoms with Crippen molar-refractivity contribution in [2.75, 3.05) is 5.32 Å². The van der Waals surface area contributed by atoms with Crippen LogP contribution in [0.15, 0.2) is 47.8 Å². The predicted octanol–water partition coefficient (Wildman–Crippen LogP) is 4.99. The molecule has 23 heavy (non-hydrogen) atoms. The molecular weight excluding hydrogens is 304 g/mol. The standard InChI is InChI=1S/C19H18N2OS/c1-12-6-4-7-16(13(12)2)21-19(22)15-9-10-17(20-14(15)3)18-8-5-11-23-18/h4-11H,1-3H3,(H,21,22). The molecule has 2 heterocycles. The summed E-state index contributed by atoms with van der Waals surface area (Å²) in [5.41, 5.74) is 5.33. The second kappa shape index (κ2) is 6.34. The lowest BCUT2D eigenvalue weighted by atomic mass is 10.1. The highest BCUT2D eigenvalue weighted by Crippen LogP contribution is 2.24. The van der Waals surface area contributed by atoms with Crippen LogP contribution in [0.4, 0.5) is 5.69 Å². The third-order valence-electron chi connectivity index (χ3n) is 3.96. The fourth-order valence-electron chi connectivity index (χ4n) is 2.44. The molecule has 0 spiro atoms. The van der Waals surface area contributed by atoms with E-state index in [9.17, 15) is 4.79 Å². The van der Waals surface area contributed by atoms with E-state index >= 15 is 0 Å². The first-order valence-electron chi connectivity index (χ1n) is 7.45. The van der Waals surface area contributed by atoms with Crippen LogP contribution in [-0.4, -0.2) is 10.9 Å². The zero-order valence-electron chi connectivity index (χ0n) is 13.4. The second-order valence-corrected chi connectivity index (χ2v) is 6.46. The summed E-state index contributed by atoms with van der Waals surface area (Å²) < 4.78 is 0. The van der Waals surface area contributed by atoms with Crippen LogP contribution in [0.1, 0.15) is 27.2 Å². The summed E-state index contributed by atoms with van der Waals surface area (Å²) in [6.45, 7) is 5.92. The Morgan fingerprint density at radius 3 is 2.57 bits per heavy atom. The van der Waals surface area contributed by atoms with Crippen LogP contribution < -0.4 is 5.32 Å². The van der Waals surface area contributed by atoms with Gasteiger partial charge in [0.2, 0.25) is 0 Å². The van der Waals surface area contributed by atoms with E-state index in [1.165, 1.54) is 0 Å². The number of carbonyl (C=O) groups excluding carboxylic acids is 1. The first-order valence-corrected chi connectivity index (χ1v) is 8.33. The molecule has 1 aromatic carbocycles. The van der Waals surface area contributed by atoms with Gasteiger partial charge in [-0.1, -0.05) is 18.2 Å². The van der Waals surface area contributed by atoms with Gasteiger partial charge in [-0.25, -0.2) is 0 Å². The van der Waals surface area contributed by atoms with Crippen LogP contribution in [0.3, 0.4) is 0 Å². The molecule has 0 aliphatic carbocycles. The van der Waals surface area contributed by atoms with Gasteiger partial charge in [-0.15, -0.1) is 11.3 Å². The van der Waals surface area contributed by atoms with Gasteiger partial charge >= 0.3 is 0 Å². The molecule has 3 rings (SSSR count). The number of benzene rings is 1. The van der Waals surface area contributed by atoms with E-state index in [0.29, 0.717) is 5.56 Å². The fraction of sp³-hybridized carbons (Fsp3) is 0.158. The van der Waals surface area contributed by atoms with Gasteiger partial charge in [0.05, 0.1) is 21.8 Å². The van der Waals surface area contributed by atoms with Crippen molar-refractivity contribution in [1.82, 2.24) is 4.98 Å². The van der Waals surface area contributed by atoms with Crippen molar-refractivity contribution < 1.29 is 4.79 Å². The zero-order chi connectivity index (χ0) is 16.4. The van der Waals surface area contributed by atoms with Gasteiger partial charge in [0, 0.05) is 5.69 Å². The van der Waals surface area contributed by atoms with Gasteiger partial charge in [0.15, 0.2) is 0 Å². The van der Waals surface area contributed by atoms with Gasteiger partial charge < -0.3 is 5.32 Å². The number of aromatic nitrogens is 1. The Balaban J connectivity index is 1.87. The van der Waals surface area contributed by atoms with Crippen molar-refractivity contribution in [3.63, 3.8) is 0 Å². The van der Waals surface area contributed by atoms with E-state index in [1.54, 1.807) is 11.3 Å². The van der Waals surface area contributed by atoms with Gasteiger partial charge in [-0.05, 0) is 61.5 Å². The molecule has 0 fully saturated rings. The Morgan fingerprint density at radius 2 is 1.87 bits per heavy atom. The van der Waals surface area contributed by atoms with Crippen LogP contribution in [0.25, 0.3) is 10.6 Å². The molecule has 0 radical (unpaired) electrons. The first-order chi connectivity index (χ1) is 11.1. The van der Waals surface area contributed by atoms with Crippen molar-refractivity contribution >= 4 is 22.9 Å². The smallest absolute Gasteiger partial charge is 0.257 e. The molecular formula is C19H18N2OS. The molecule has 0 unspecified atom stereocenters. The van der Waals surface area contributed by atoms with Crippen LogP contribution >= 0.6 is 11.3 Å². The van der Waals surface area contributed by atoms with E-state index in [-0.39, 0.29) is 5.91 Å². The minimum Gasteiger partial charge on any atom is -0.322 e. The number of carbonyl (C=O) groups is 1. The highest BCUT2D eigenvalue weighted by atomic mass is 32.1. The minimum absolute atomic E-state index is 0.124. The van der Waals surface area contributed by atoms with Crippen molar-refractivity contribution in [1.29, 1.82) is 0 Å². The van der Waals surface area contributed by atoms with Crippen molar-refractivity contribution in [2.45, 2.75) is 20.8 Å². The molecule has 0 aliphatic heterocycles. The average molecular weight is 322 g/mol. The number of nitrogens with zero attached hydrogens (tertiary/aromatic N) is 1. The maximum absolute atomic E-state index is 12.5. The van der Waals surface area contributed by atoms with Crippen molar-refractivity contribution in [3.05, 3.63) is 70.2 Å². The van der Waals surface area contributed by atoms with Crippen molar-refractivity contribution in [3.8, 4) is 10.6 Å². The molecule has 2 aromatic heterocycles. The molecule has 0 saturated heterocycles. The Bertz CT molecular complexity index is 854. The maximum atomic E-state index is 12.5. The maximum Gasteiger partial charge on any atom is 0.257 e. The van der Waals surface area contributed by atoms with Crippen LogP contribution in [0, 0.1) is 20.8 Å². The number of rotatable bonds is 3. The van der Waals surface area contributed by atoms with Gasteiger partial charge in [-0.2, -0.15) is 0 Å². The number of nitrogens with one attached hydrogen (secondary N) is 1.